The van der Waals surface area contributed by atoms with Crippen molar-refractivity contribution in [2.45, 2.75) is 13.3 Å². The first-order valence-electron chi connectivity index (χ1n) is 9.53. The van der Waals surface area contributed by atoms with Gasteiger partial charge >= 0.3 is 0 Å². The summed E-state index contributed by atoms with van der Waals surface area (Å²) < 4.78 is 6.49. The number of fused-ring (bicyclic) bond motifs is 1. The first-order valence-corrected chi connectivity index (χ1v) is 10.3. The number of ether oxygens (including phenoxy) is 1. The van der Waals surface area contributed by atoms with Gasteiger partial charge < -0.3 is 9.64 Å². The van der Waals surface area contributed by atoms with E-state index in [0.717, 1.165) is 46.1 Å². The Kier molecular flexibility index (Phi) is 5.69. The lowest BCUT2D eigenvalue weighted by Gasteiger charge is -2.18. The maximum Gasteiger partial charge on any atom is 0.254 e. The summed E-state index contributed by atoms with van der Waals surface area (Å²) >= 11 is 3.52. The molecular weight excluding hydrogens is 418 g/mol. The Bertz CT molecular complexity index is 994. The van der Waals surface area contributed by atoms with Gasteiger partial charge in [-0.25, -0.2) is 4.98 Å². The van der Waals surface area contributed by atoms with Crippen LogP contribution in [0.2, 0.25) is 0 Å². The van der Waals surface area contributed by atoms with Crippen molar-refractivity contribution in [1.29, 1.82) is 0 Å². The van der Waals surface area contributed by atoms with Gasteiger partial charge in [0.25, 0.3) is 5.91 Å². The second kappa shape index (κ2) is 8.37. The van der Waals surface area contributed by atoms with Gasteiger partial charge in [0, 0.05) is 53.4 Å². The fourth-order valence-electron chi connectivity index (χ4n) is 3.65. The summed E-state index contributed by atoms with van der Waals surface area (Å²) in [5.74, 6) is 0.461. The van der Waals surface area contributed by atoms with Gasteiger partial charge in [-0.1, -0.05) is 15.9 Å². The molecule has 3 heterocycles. The minimum Gasteiger partial charge on any atom is -0.381 e. The zero-order valence-electron chi connectivity index (χ0n) is 15.8. The second-order valence-electron chi connectivity index (χ2n) is 7.02. The molecule has 0 N–H and O–H groups in total. The summed E-state index contributed by atoms with van der Waals surface area (Å²) in [6.45, 7) is 4.92. The van der Waals surface area contributed by atoms with Gasteiger partial charge in [0.15, 0.2) is 0 Å². The molecule has 0 bridgehead atoms. The highest BCUT2D eigenvalue weighted by atomic mass is 79.9. The maximum absolute atomic E-state index is 13.4. The molecule has 4 rings (SSSR count). The molecule has 0 radical (unpaired) electrons. The summed E-state index contributed by atoms with van der Waals surface area (Å²) in [4.78, 5) is 24.2. The lowest BCUT2D eigenvalue weighted by atomic mass is 10.0. The van der Waals surface area contributed by atoms with Crippen LogP contribution >= 0.6 is 15.9 Å². The standard InChI is InChI=1S/C22H22BrN3O2/c1-2-28-14-15-7-10-26(13-15)22(27)19-12-21(16-5-8-24-9-6-16)25-20-4-3-17(23)11-18(19)20/h3-6,8-9,11-12,15H,2,7,10,13-14H2,1H3. The normalized spacial score (nSPS) is 16.6. The van der Waals surface area contributed by atoms with E-state index in [1.165, 1.54) is 0 Å². The second-order valence-corrected chi connectivity index (χ2v) is 7.93. The lowest BCUT2D eigenvalue weighted by molar-refractivity contribution is 0.0764. The number of benzene rings is 1. The van der Waals surface area contributed by atoms with Crippen LogP contribution < -0.4 is 0 Å². The Morgan fingerprint density at radius 3 is 2.86 bits per heavy atom. The van der Waals surface area contributed by atoms with Crippen LogP contribution in [0.5, 0.6) is 0 Å². The number of likely N-dealkylation sites (tertiary alicyclic amines) is 1. The molecule has 3 aromatic rings. The molecule has 0 spiro atoms. The average Bonchev–Trinajstić information content (AvgIpc) is 3.20. The minimum absolute atomic E-state index is 0.0554. The van der Waals surface area contributed by atoms with E-state index in [2.05, 4.69) is 20.9 Å². The molecule has 1 aliphatic heterocycles. The number of aromatic nitrogens is 2. The predicted octanol–water partition coefficient (Wildman–Crippen LogP) is 4.56. The Balaban J connectivity index is 1.72. The molecule has 1 unspecified atom stereocenters. The maximum atomic E-state index is 13.4. The lowest BCUT2D eigenvalue weighted by Crippen LogP contribution is -2.29. The SMILES string of the molecule is CCOCC1CCN(C(=O)c2cc(-c3ccncc3)nc3ccc(Br)cc23)C1. The molecular formula is C22H22BrN3O2. The van der Waals surface area contributed by atoms with Gasteiger partial charge in [-0.15, -0.1) is 0 Å². The Hall–Kier alpha value is -2.31. The number of hydrogen-bond acceptors (Lipinski definition) is 4. The van der Waals surface area contributed by atoms with Gasteiger partial charge in [-0.3, -0.25) is 9.78 Å². The third-order valence-electron chi connectivity index (χ3n) is 5.11. The van der Waals surface area contributed by atoms with Crippen LogP contribution in [-0.4, -0.2) is 47.1 Å². The van der Waals surface area contributed by atoms with Crippen LogP contribution in [0.1, 0.15) is 23.7 Å². The number of rotatable bonds is 5. The predicted molar refractivity (Wildman–Crippen MR) is 113 cm³/mol. The summed E-state index contributed by atoms with van der Waals surface area (Å²) in [6, 6.07) is 11.6. The third-order valence-corrected chi connectivity index (χ3v) is 5.60. The van der Waals surface area contributed by atoms with E-state index < -0.39 is 0 Å². The Labute approximate surface area is 172 Å². The van der Waals surface area contributed by atoms with E-state index in [1.54, 1.807) is 12.4 Å². The van der Waals surface area contributed by atoms with E-state index in [-0.39, 0.29) is 5.91 Å². The number of halogens is 1. The van der Waals surface area contributed by atoms with Crippen LogP contribution in [-0.2, 0) is 4.74 Å². The van der Waals surface area contributed by atoms with Crippen LogP contribution in [0.4, 0.5) is 0 Å². The summed E-state index contributed by atoms with van der Waals surface area (Å²) in [5, 5.41) is 0.866. The fraction of sp³-hybridized carbons (Fsp3) is 0.318. The van der Waals surface area contributed by atoms with E-state index in [4.69, 9.17) is 9.72 Å². The number of carbonyl (C=O) groups is 1. The quantitative estimate of drug-likeness (QED) is 0.584. The van der Waals surface area contributed by atoms with Crippen molar-refractivity contribution in [2.24, 2.45) is 5.92 Å². The first kappa shape index (κ1) is 19.0. The van der Waals surface area contributed by atoms with E-state index >= 15 is 0 Å². The number of hydrogen-bond donors (Lipinski definition) is 0. The molecule has 5 nitrogen and oxygen atoms in total. The molecule has 2 aromatic heterocycles. The van der Waals surface area contributed by atoms with Crippen LogP contribution in [0.3, 0.4) is 0 Å². The molecule has 1 fully saturated rings. The number of carbonyl (C=O) groups excluding carboxylic acids is 1. The van der Waals surface area contributed by atoms with Crippen molar-refractivity contribution in [1.82, 2.24) is 14.9 Å². The van der Waals surface area contributed by atoms with Crippen molar-refractivity contribution >= 4 is 32.7 Å². The van der Waals surface area contributed by atoms with Crippen LogP contribution in [0, 0.1) is 5.92 Å². The highest BCUT2D eigenvalue weighted by Gasteiger charge is 2.28. The zero-order chi connectivity index (χ0) is 19.5. The molecule has 6 heteroatoms. The molecule has 0 saturated carbocycles. The van der Waals surface area contributed by atoms with Crippen molar-refractivity contribution in [3.8, 4) is 11.3 Å². The van der Waals surface area contributed by atoms with Crippen molar-refractivity contribution < 1.29 is 9.53 Å². The van der Waals surface area contributed by atoms with Gasteiger partial charge in [0.05, 0.1) is 23.4 Å². The Morgan fingerprint density at radius 1 is 1.25 bits per heavy atom. The molecule has 1 amide bonds. The van der Waals surface area contributed by atoms with Crippen molar-refractivity contribution in [3.63, 3.8) is 0 Å². The van der Waals surface area contributed by atoms with E-state index in [9.17, 15) is 4.79 Å². The van der Waals surface area contributed by atoms with Gasteiger partial charge in [0.1, 0.15) is 0 Å². The number of nitrogens with zero attached hydrogens (tertiary/aromatic N) is 3. The van der Waals surface area contributed by atoms with Gasteiger partial charge in [0.2, 0.25) is 0 Å². The summed E-state index contributed by atoms with van der Waals surface area (Å²) in [7, 11) is 0. The fourth-order valence-corrected chi connectivity index (χ4v) is 4.01. The number of pyridine rings is 2. The van der Waals surface area contributed by atoms with E-state index in [0.29, 0.717) is 24.7 Å². The van der Waals surface area contributed by atoms with Gasteiger partial charge in [-0.05, 0) is 49.7 Å². The molecule has 1 aliphatic rings. The van der Waals surface area contributed by atoms with E-state index in [1.807, 2.05) is 48.2 Å². The topological polar surface area (TPSA) is 55.3 Å². The molecule has 28 heavy (non-hydrogen) atoms. The Morgan fingerprint density at radius 2 is 2.07 bits per heavy atom. The third kappa shape index (κ3) is 3.93. The smallest absolute Gasteiger partial charge is 0.254 e. The van der Waals surface area contributed by atoms with Crippen LogP contribution in [0.25, 0.3) is 22.2 Å². The van der Waals surface area contributed by atoms with Crippen molar-refractivity contribution in [3.05, 3.63) is 58.8 Å². The van der Waals surface area contributed by atoms with Crippen LogP contribution in [0.15, 0.2) is 53.3 Å². The first-order chi connectivity index (χ1) is 13.7. The largest absolute Gasteiger partial charge is 0.381 e. The molecule has 0 aliphatic carbocycles. The molecule has 1 atom stereocenters. The monoisotopic (exact) mass is 439 g/mol. The van der Waals surface area contributed by atoms with Crippen molar-refractivity contribution in [2.75, 3.05) is 26.3 Å². The highest BCUT2D eigenvalue weighted by molar-refractivity contribution is 9.10. The summed E-state index contributed by atoms with van der Waals surface area (Å²) in [5.41, 5.74) is 3.23. The summed E-state index contributed by atoms with van der Waals surface area (Å²) in [6.07, 6.45) is 4.46. The minimum atomic E-state index is 0.0554. The molecule has 1 saturated heterocycles. The number of amides is 1. The zero-order valence-corrected chi connectivity index (χ0v) is 17.4. The average molecular weight is 440 g/mol. The van der Waals surface area contributed by atoms with Gasteiger partial charge in [-0.2, -0.15) is 0 Å². The molecule has 1 aromatic carbocycles. The highest BCUT2D eigenvalue weighted by Crippen LogP contribution is 2.29. The molecule has 144 valence electrons.